The van der Waals surface area contributed by atoms with Gasteiger partial charge in [-0.25, -0.2) is 0 Å². The van der Waals surface area contributed by atoms with Gasteiger partial charge in [-0.2, -0.15) is 0 Å². The van der Waals surface area contributed by atoms with Gasteiger partial charge in [0.15, 0.2) is 0 Å². The summed E-state index contributed by atoms with van der Waals surface area (Å²) in [7, 11) is 0. The predicted octanol–water partition coefficient (Wildman–Crippen LogP) is 2.54. The second-order valence-electron chi connectivity index (χ2n) is 6.78. The molecule has 2 aliphatic rings. The van der Waals surface area contributed by atoms with Crippen molar-refractivity contribution in [2.24, 2.45) is 17.6 Å². The van der Waals surface area contributed by atoms with E-state index in [1.54, 1.807) is 0 Å². The van der Waals surface area contributed by atoms with Gasteiger partial charge in [0.05, 0.1) is 5.92 Å². The summed E-state index contributed by atoms with van der Waals surface area (Å²) in [5, 5.41) is 0. The van der Waals surface area contributed by atoms with Gasteiger partial charge in [0.25, 0.3) is 0 Å². The summed E-state index contributed by atoms with van der Waals surface area (Å²) in [5.41, 5.74) is 5.84. The van der Waals surface area contributed by atoms with Crippen molar-refractivity contribution in [3.63, 3.8) is 0 Å². The Bertz CT molecular complexity index is 315. The summed E-state index contributed by atoms with van der Waals surface area (Å²) in [6, 6.07) is -0.0530. The maximum absolute atomic E-state index is 12.3. The second kappa shape index (κ2) is 10.7. The Morgan fingerprint density at radius 2 is 1.59 bits per heavy atom. The van der Waals surface area contributed by atoms with Crippen LogP contribution in [-0.2, 0) is 4.79 Å². The summed E-state index contributed by atoms with van der Waals surface area (Å²) in [6.07, 6.45) is 7.06. The molecule has 1 aliphatic heterocycles. The molecule has 0 bridgehead atoms. The topological polar surface area (TPSA) is 49.6 Å². The van der Waals surface area contributed by atoms with Gasteiger partial charge in [-0.05, 0) is 25.7 Å². The van der Waals surface area contributed by atoms with Gasteiger partial charge in [-0.3, -0.25) is 9.69 Å². The highest BCUT2D eigenvalue weighted by atomic mass is 35.5. The minimum atomic E-state index is -0.0557. The lowest BCUT2D eigenvalue weighted by Gasteiger charge is -2.38. The van der Waals surface area contributed by atoms with Gasteiger partial charge in [0.2, 0.25) is 5.91 Å². The molecule has 2 fully saturated rings. The van der Waals surface area contributed by atoms with Crippen LogP contribution in [0.15, 0.2) is 0 Å². The number of hydrogen-bond donors (Lipinski definition) is 1. The zero-order chi connectivity index (χ0) is 14.5. The van der Waals surface area contributed by atoms with E-state index in [1.165, 1.54) is 38.6 Å². The Kier molecular flexibility index (Phi) is 10.7. The number of piperazine rings is 1. The van der Waals surface area contributed by atoms with Crippen LogP contribution < -0.4 is 5.73 Å². The van der Waals surface area contributed by atoms with Crippen LogP contribution >= 0.6 is 24.8 Å². The molecule has 132 valence electrons. The molecule has 0 aromatic heterocycles. The van der Waals surface area contributed by atoms with E-state index in [9.17, 15) is 4.79 Å². The summed E-state index contributed by atoms with van der Waals surface area (Å²) in [4.78, 5) is 16.8. The standard InChI is InChI=1S/C16H31N3O.2ClH/c1-13(14(2)17)16(20)19-10-8-18(9-11-19)12-15-6-4-3-5-7-15;;/h13-15H,3-12,17H2,1-2H3;2*1H. The molecule has 6 heteroatoms. The lowest BCUT2D eigenvalue weighted by Crippen LogP contribution is -2.52. The van der Waals surface area contributed by atoms with E-state index in [0.717, 1.165) is 32.1 Å². The molecule has 1 amide bonds. The summed E-state index contributed by atoms with van der Waals surface area (Å²) in [6.45, 7) is 8.93. The third-order valence-corrected chi connectivity index (χ3v) is 5.10. The first-order valence-corrected chi connectivity index (χ1v) is 8.34. The largest absolute Gasteiger partial charge is 0.340 e. The highest BCUT2D eigenvalue weighted by molar-refractivity contribution is 5.85. The molecule has 2 unspecified atom stereocenters. The zero-order valence-electron chi connectivity index (χ0n) is 14.0. The minimum absolute atomic E-state index is 0. The first-order chi connectivity index (χ1) is 9.58. The first kappa shape index (κ1) is 22.0. The number of hydrogen-bond acceptors (Lipinski definition) is 3. The first-order valence-electron chi connectivity index (χ1n) is 8.34. The van der Waals surface area contributed by atoms with Crippen molar-refractivity contribution < 1.29 is 4.79 Å². The highest BCUT2D eigenvalue weighted by Crippen LogP contribution is 2.24. The summed E-state index contributed by atoms with van der Waals surface area (Å²) in [5.74, 6) is 1.08. The van der Waals surface area contributed by atoms with Crippen LogP contribution in [0.5, 0.6) is 0 Å². The van der Waals surface area contributed by atoms with Crippen molar-refractivity contribution in [2.75, 3.05) is 32.7 Å². The zero-order valence-corrected chi connectivity index (χ0v) is 15.6. The lowest BCUT2D eigenvalue weighted by atomic mass is 9.89. The fourth-order valence-corrected chi connectivity index (χ4v) is 3.40. The van der Waals surface area contributed by atoms with Gasteiger partial charge >= 0.3 is 0 Å². The van der Waals surface area contributed by atoms with Crippen molar-refractivity contribution in [3.8, 4) is 0 Å². The van der Waals surface area contributed by atoms with Crippen molar-refractivity contribution in [3.05, 3.63) is 0 Å². The van der Waals surface area contributed by atoms with Gasteiger partial charge in [-0.1, -0.05) is 26.2 Å². The van der Waals surface area contributed by atoms with Crippen molar-refractivity contribution in [1.29, 1.82) is 0 Å². The number of carbonyl (C=O) groups is 1. The van der Waals surface area contributed by atoms with E-state index in [4.69, 9.17) is 5.73 Å². The van der Waals surface area contributed by atoms with Gasteiger partial charge < -0.3 is 10.6 Å². The molecule has 0 aromatic rings. The summed E-state index contributed by atoms with van der Waals surface area (Å²) >= 11 is 0. The number of carbonyl (C=O) groups excluding carboxylic acids is 1. The molecule has 1 heterocycles. The molecule has 2 atom stereocenters. The molecule has 2 rings (SSSR count). The third-order valence-electron chi connectivity index (χ3n) is 5.10. The van der Waals surface area contributed by atoms with Gasteiger partial charge in [0.1, 0.15) is 0 Å². The number of nitrogens with zero attached hydrogens (tertiary/aromatic N) is 2. The van der Waals surface area contributed by atoms with Crippen LogP contribution in [-0.4, -0.2) is 54.5 Å². The maximum atomic E-state index is 12.3. The molecule has 22 heavy (non-hydrogen) atoms. The monoisotopic (exact) mass is 353 g/mol. The molecule has 1 aliphatic carbocycles. The van der Waals surface area contributed by atoms with Gasteiger partial charge in [0, 0.05) is 38.8 Å². The Hall–Kier alpha value is -0.0300. The van der Waals surface area contributed by atoms with Crippen LogP contribution in [0.1, 0.15) is 46.0 Å². The molecular weight excluding hydrogens is 321 g/mol. The smallest absolute Gasteiger partial charge is 0.227 e. The SMILES string of the molecule is CC(N)C(C)C(=O)N1CCN(CC2CCCCC2)CC1.Cl.Cl. The Balaban J connectivity index is 0.00000220. The van der Waals surface area contributed by atoms with E-state index in [2.05, 4.69) is 4.90 Å². The third kappa shape index (κ3) is 6.23. The average Bonchev–Trinajstić information content (AvgIpc) is 2.47. The molecule has 1 saturated carbocycles. The number of halogens is 2. The van der Waals surface area contributed by atoms with E-state index < -0.39 is 0 Å². The average molecular weight is 354 g/mol. The van der Waals surface area contributed by atoms with Crippen LogP contribution in [0, 0.1) is 11.8 Å². The summed E-state index contributed by atoms with van der Waals surface area (Å²) < 4.78 is 0. The molecule has 0 spiro atoms. The van der Waals surface area contributed by atoms with Crippen LogP contribution in [0.3, 0.4) is 0 Å². The van der Waals surface area contributed by atoms with Crippen molar-refractivity contribution in [1.82, 2.24) is 9.80 Å². The van der Waals surface area contributed by atoms with E-state index in [-0.39, 0.29) is 42.7 Å². The van der Waals surface area contributed by atoms with Crippen LogP contribution in [0.25, 0.3) is 0 Å². The van der Waals surface area contributed by atoms with Crippen molar-refractivity contribution in [2.45, 2.75) is 52.0 Å². The predicted molar refractivity (Wildman–Crippen MR) is 96.9 cm³/mol. The highest BCUT2D eigenvalue weighted by Gasteiger charge is 2.27. The molecular formula is C16H33Cl2N3O. The number of rotatable bonds is 4. The second-order valence-corrected chi connectivity index (χ2v) is 6.78. The molecule has 0 radical (unpaired) electrons. The van der Waals surface area contributed by atoms with E-state index in [1.807, 2.05) is 18.7 Å². The minimum Gasteiger partial charge on any atom is -0.340 e. The molecule has 1 saturated heterocycles. The van der Waals surface area contributed by atoms with Crippen molar-refractivity contribution >= 4 is 30.7 Å². The Morgan fingerprint density at radius 3 is 2.09 bits per heavy atom. The van der Waals surface area contributed by atoms with E-state index in [0.29, 0.717) is 0 Å². The fraction of sp³-hybridized carbons (Fsp3) is 0.938. The molecule has 4 nitrogen and oxygen atoms in total. The Labute approximate surface area is 148 Å². The van der Waals surface area contributed by atoms with Crippen LogP contribution in [0.4, 0.5) is 0 Å². The van der Waals surface area contributed by atoms with Gasteiger partial charge in [-0.15, -0.1) is 24.8 Å². The number of amides is 1. The maximum Gasteiger partial charge on any atom is 0.227 e. The van der Waals surface area contributed by atoms with E-state index >= 15 is 0 Å². The lowest BCUT2D eigenvalue weighted by molar-refractivity contribution is -0.137. The number of nitrogens with two attached hydrogens (primary N) is 1. The Morgan fingerprint density at radius 1 is 1.05 bits per heavy atom. The molecule has 2 N–H and O–H groups in total. The quantitative estimate of drug-likeness (QED) is 0.844. The van der Waals surface area contributed by atoms with Crippen LogP contribution in [0.2, 0.25) is 0 Å². The molecule has 0 aromatic carbocycles. The fourth-order valence-electron chi connectivity index (χ4n) is 3.40. The normalized spacial score (nSPS) is 23.1.